The van der Waals surface area contributed by atoms with E-state index < -0.39 is 5.97 Å². The summed E-state index contributed by atoms with van der Waals surface area (Å²) in [7, 11) is 0. The standard InChI is InChI=1S/C22H22N2O4/c1-3-12-27-19-8-5-17(6-9-19)7-11-22(26)28-15-18-13-21(25)24-14-16(2)4-10-20(24)23-18/h4-11,13-14H,3,12,15H2,1-2H3. The van der Waals surface area contributed by atoms with Crippen LogP contribution in [-0.4, -0.2) is 22.0 Å². The largest absolute Gasteiger partial charge is 0.494 e. The van der Waals surface area contributed by atoms with E-state index in [1.54, 1.807) is 18.3 Å². The Bertz CT molecular complexity index is 1050. The Morgan fingerprint density at radius 3 is 2.71 bits per heavy atom. The first-order chi connectivity index (χ1) is 13.5. The van der Waals surface area contributed by atoms with E-state index in [9.17, 15) is 9.59 Å². The van der Waals surface area contributed by atoms with Crippen LogP contribution in [0.5, 0.6) is 5.75 Å². The van der Waals surface area contributed by atoms with Crippen LogP contribution in [0.15, 0.2) is 59.5 Å². The topological polar surface area (TPSA) is 69.9 Å². The predicted molar refractivity (Wildman–Crippen MR) is 107 cm³/mol. The summed E-state index contributed by atoms with van der Waals surface area (Å²) in [5.74, 6) is 0.294. The molecule has 0 radical (unpaired) electrons. The average Bonchev–Trinajstić information content (AvgIpc) is 2.70. The minimum absolute atomic E-state index is 0.0629. The fraction of sp³-hybridized carbons (Fsp3) is 0.227. The number of hydrogen-bond donors (Lipinski definition) is 0. The van der Waals surface area contributed by atoms with Gasteiger partial charge in [-0.25, -0.2) is 9.78 Å². The number of nitrogens with zero attached hydrogens (tertiary/aromatic N) is 2. The lowest BCUT2D eigenvalue weighted by atomic mass is 10.2. The molecule has 2 heterocycles. The molecule has 3 aromatic rings. The highest BCUT2D eigenvalue weighted by Gasteiger charge is 2.05. The molecule has 6 nitrogen and oxygen atoms in total. The Kier molecular flexibility index (Phi) is 6.22. The molecule has 0 unspecified atom stereocenters. The van der Waals surface area contributed by atoms with Crippen LogP contribution >= 0.6 is 0 Å². The first-order valence-electron chi connectivity index (χ1n) is 9.12. The molecule has 6 heteroatoms. The van der Waals surface area contributed by atoms with Gasteiger partial charge in [-0.3, -0.25) is 9.20 Å². The molecule has 0 saturated carbocycles. The van der Waals surface area contributed by atoms with Crippen LogP contribution in [0.4, 0.5) is 0 Å². The van der Waals surface area contributed by atoms with E-state index in [1.807, 2.05) is 44.2 Å². The highest BCUT2D eigenvalue weighted by molar-refractivity contribution is 5.87. The lowest BCUT2D eigenvalue weighted by Gasteiger charge is -2.05. The van der Waals surface area contributed by atoms with Gasteiger partial charge in [0.25, 0.3) is 5.56 Å². The zero-order chi connectivity index (χ0) is 19.9. The molecular formula is C22H22N2O4. The van der Waals surface area contributed by atoms with Gasteiger partial charge in [0, 0.05) is 18.3 Å². The molecule has 0 aliphatic carbocycles. The summed E-state index contributed by atoms with van der Waals surface area (Å²) < 4.78 is 12.2. The van der Waals surface area contributed by atoms with E-state index in [2.05, 4.69) is 4.98 Å². The van der Waals surface area contributed by atoms with Crippen LogP contribution in [0.25, 0.3) is 11.7 Å². The molecule has 144 valence electrons. The van der Waals surface area contributed by atoms with E-state index in [0.29, 0.717) is 17.9 Å². The normalized spacial score (nSPS) is 11.1. The summed E-state index contributed by atoms with van der Waals surface area (Å²) in [6.07, 6.45) is 5.68. The van der Waals surface area contributed by atoms with Crippen molar-refractivity contribution in [2.24, 2.45) is 0 Å². The Balaban J connectivity index is 1.59. The van der Waals surface area contributed by atoms with Gasteiger partial charge in [-0.05, 0) is 48.7 Å². The maximum Gasteiger partial charge on any atom is 0.331 e. The Morgan fingerprint density at radius 1 is 1.18 bits per heavy atom. The molecule has 0 spiro atoms. The first kappa shape index (κ1) is 19.4. The van der Waals surface area contributed by atoms with E-state index in [0.717, 1.165) is 23.3 Å². The quantitative estimate of drug-likeness (QED) is 0.464. The molecule has 1 aromatic carbocycles. The second-order valence-electron chi connectivity index (χ2n) is 6.38. The summed E-state index contributed by atoms with van der Waals surface area (Å²) in [4.78, 5) is 28.5. The van der Waals surface area contributed by atoms with Crippen LogP contribution in [0.3, 0.4) is 0 Å². The lowest BCUT2D eigenvalue weighted by molar-refractivity contribution is -0.139. The smallest absolute Gasteiger partial charge is 0.331 e. The van der Waals surface area contributed by atoms with Gasteiger partial charge in [-0.1, -0.05) is 25.1 Å². The van der Waals surface area contributed by atoms with Gasteiger partial charge in [0.2, 0.25) is 0 Å². The zero-order valence-corrected chi connectivity index (χ0v) is 15.9. The SMILES string of the molecule is CCCOc1ccc(C=CC(=O)OCc2cc(=O)n3cc(C)ccc3n2)cc1. The molecule has 0 N–H and O–H groups in total. The number of hydrogen-bond acceptors (Lipinski definition) is 5. The third kappa shape index (κ3) is 5.07. The van der Waals surface area contributed by atoms with Crippen molar-refractivity contribution in [2.45, 2.75) is 26.9 Å². The van der Waals surface area contributed by atoms with Crippen LogP contribution < -0.4 is 10.3 Å². The summed E-state index contributed by atoms with van der Waals surface area (Å²) in [6.45, 7) is 4.56. The Hall–Kier alpha value is -3.41. The number of esters is 1. The van der Waals surface area contributed by atoms with Crippen molar-refractivity contribution in [1.29, 1.82) is 0 Å². The van der Waals surface area contributed by atoms with E-state index in [1.165, 1.54) is 16.5 Å². The van der Waals surface area contributed by atoms with Gasteiger partial charge in [-0.2, -0.15) is 0 Å². The molecule has 0 fully saturated rings. The van der Waals surface area contributed by atoms with Gasteiger partial charge >= 0.3 is 5.97 Å². The molecule has 0 amide bonds. The Morgan fingerprint density at radius 2 is 1.96 bits per heavy atom. The number of carbonyl (C=O) groups is 1. The number of ether oxygens (including phenoxy) is 2. The maximum absolute atomic E-state index is 12.2. The number of aryl methyl sites for hydroxylation is 1. The molecule has 0 saturated heterocycles. The average molecular weight is 378 g/mol. The van der Waals surface area contributed by atoms with Gasteiger partial charge in [0.15, 0.2) is 0 Å². The maximum atomic E-state index is 12.2. The van der Waals surface area contributed by atoms with Crippen LogP contribution in [0, 0.1) is 6.92 Å². The minimum Gasteiger partial charge on any atom is -0.494 e. The fourth-order valence-corrected chi connectivity index (χ4v) is 2.58. The van der Waals surface area contributed by atoms with Gasteiger partial charge < -0.3 is 9.47 Å². The molecule has 0 aliphatic rings. The highest BCUT2D eigenvalue weighted by atomic mass is 16.5. The van der Waals surface area contributed by atoms with Crippen molar-refractivity contribution >= 4 is 17.7 Å². The zero-order valence-electron chi connectivity index (χ0n) is 15.9. The van der Waals surface area contributed by atoms with Gasteiger partial charge in [-0.15, -0.1) is 0 Å². The number of pyridine rings is 1. The van der Waals surface area contributed by atoms with Crippen molar-refractivity contribution in [2.75, 3.05) is 6.61 Å². The van der Waals surface area contributed by atoms with E-state index in [4.69, 9.17) is 9.47 Å². The summed E-state index contributed by atoms with van der Waals surface area (Å²) in [5, 5.41) is 0. The molecule has 3 rings (SSSR count). The summed E-state index contributed by atoms with van der Waals surface area (Å²) in [5.41, 5.74) is 2.54. The van der Waals surface area contributed by atoms with Crippen LogP contribution in [0.2, 0.25) is 0 Å². The number of benzene rings is 1. The third-order valence-corrected chi connectivity index (χ3v) is 3.99. The summed E-state index contributed by atoms with van der Waals surface area (Å²) in [6, 6.07) is 12.4. The molecule has 0 aliphatic heterocycles. The Labute approximate surface area is 163 Å². The van der Waals surface area contributed by atoms with Crippen molar-refractivity contribution in [3.63, 3.8) is 0 Å². The van der Waals surface area contributed by atoms with Crippen LogP contribution in [0.1, 0.15) is 30.2 Å². The fourth-order valence-electron chi connectivity index (χ4n) is 2.58. The van der Waals surface area contributed by atoms with E-state index >= 15 is 0 Å². The van der Waals surface area contributed by atoms with Crippen molar-refractivity contribution in [3.8, 4) is 5.75 Å². The second-order valence-corrected chi connectivity index (χ2v) is 6.38. The van der Waals surface area contributed by atoms with Crippen LogP contribution in [-0.2, 0) is 16.1 Å². The highest BCUT2D eigenvalue weighted by Crippen LogP contribution is 2.13. The second kappa shape index (κ2) is 8.99. The van der Waals surface area contributed by atoms with Crippen molar-refractivity contribution in [1.82, 2.24) is 9.38 Å². The van der Waals surface area contributed by atoms with E-state index in [-0.39, 0.29) is 12.2 Å². The number of aromatic nitrogens is 2. The van der Waals surface area contributed by atoms with Gasteiger partial charge in [0.1, 0.15) is 18.0 Å². The predicted octanol–water partition coefficient (Wildman–Crippen LogP) is 3.55. The number of rotatable bonds is 7. The third-order valence-electron chi connectivity index (χ3n) is 3.99. The summed E-state index contributed by atoms with van der Waals surface area (Å²) >= 11 is 0. The van der Waals surface area contributed by atoms with Crippen molar-refractivity contribution in [3.05, 3.63) is 81.9 Å². The van der Waals surface area contributed by atoms with Gasteiger partial charge in [0.05, 0.1) is 12.3 Å². The lowest BCUT2D eigenvalue weighted by Crippen LogP contribution is -2.16. The van der Waals surface area contributed by atoms with Crippen molar-refractivity contribution < 1.29 is 14.3 Å². The minimum atomic E-state index is -0.503. The number of fused-ring (bicyclic) bond motifs is 1. The molecule has 28 heavy (non-hydrogen) atoms. The molecular weight excluding hydrogens is 356 g/mol. The first-order valence-corrected chi connectivity index (χ1v) is 9.12. The number of carbonyl (C=O) groups excluding carboxylic acids is 1. The molecule has 2 aromatic heterocycles. The molecule has 0 bridgehead atoms. The molecule has 0 atom stereocenters. The monoisotopic (exact) mass is 378 g/mol.